The van der Waals surface area contributed by atoms with Crippen LogP contribution in [-0.4, -0.2) is 27.8 Å². The SMILES string of the molecule is CN(Cc1cscn1)C(=O)c1cc(Cl)ccn1. The van der Waals surface area contributed by atoms with Gasteiger partial charge in [-0.15, -0.1) is 11.3 Å². The van der Waals surface area contributed by atoms with Crippen molar-refractivity contribution in [2.24, 2.45) is 0 Å². The second kappa shape index (κ2) is 5.25. The van der Waals surface area contributed by atoms with E-state index in [2.05, 4.69) is 9.97 Å². The monoisotopic (exact) mass is 267 g/mol. The lowest BCUT2D eigenvalue weighted by Gasteiger charge is -2.15. The summed E-state index contributed by atoms with van der Waals surface area (Å²) in [6.07, 6.45) is 1.52. The first-order chi connectivity index (χ1) is 8.16. The van der Waals surface area contributed by atoms with Crippen molar-refractivity contribution in [3.05, 3.63) is 45.6 Å². The molecule has 1 amide bonds. The Bertz CT molecular complexity index is 515. The Kier molecular flexibility index (Phi) is 3.71. The number of pyridine rings is 1. The molecule has 0 saturated carbocycles. The number of rotatable bonds is 3. The standard InChI is InChI=1S/C11H10ClN3OS/c1-15(5-9-6-17-7-14-9)11(16)10-4-8(12)2-3-13-10/h2-4,6-7H,5H2,1H3. The summed E-state index contributed by atoms with van der Waals surface area (Å²) in [6.45, 7) is 0.469. The van der Waals surface area contributed by atoms with Crippen LogP contribution >= 0.6 is 22.9 Å². The van der Waals surface area contributed by atoms with Gasteiger partial charge in [-0.1, -0.05) is 11.6 Å². The van der Waals surface area contributed by atoms with Crippen LogP contribution < -0.4 is 0 Å². The average Bonchev–Trinajstić information content (AvgIpc) is 2.80. The molecule has 0 saturated heterocycles. The number of nitrogens with zero attached hydrogens (tertiary/aromatic N) is 3. The van der Waals surface area contributed by atoms with Crippen molar-refractivity contribution >= 4 is 28.8 Å². The summed E-state index contributed by atoms with van der Waals surface area (Å²) >= 11 is 7.32. The van der Waals surface area contributed by atoms with Gasteiger partial charge in [0.1, 0.15) is 5.69 Å². The number of thiazole rings is 1. The number of carbonyl (C=O) groups excluding carboxylic acids is 1. The summed E-state index contributed by atoms with van der Waals surface area (Å²) in [7, 11) is 1.71. The largest absolute Gasteiger partial charge is 0.334 e. The molecule has 4 nitrogen and oxygen atoms in total. The van der Waals surface area contributed by atoms with Crippen molar-refractivity contribution in [2.75, 3.05) is 7.05 Å². The first kappa shape index (κ1) is 12.0. The van der Waals surface area contributed by atoms with E-state index in [1.807, 2.05) is 5.38 Å². The molecule has 0 fully saturated rings. The van der Waals surface area contributed by atoms with Gasteiger partial charge < -0.3 is 4.90 Å². The predicted octanol–water partition coefficient (Wildman–Crippen LogP) is 2.46. The Labute approximate surface area is 108 Å². The van der Waals surface area contributed by atoms with Crippen LogP contribution in [0.25, 0.3) is 0 Å². The Hall–Kier alpha value is -1.46. The first-order valence-corrected chi connectivity index (χ1v) is 6.23. The van der Waals surface area contributed by atoms with Crippen LogP contribution in [0.2, 0.25) is 5.02 Å². The topological polar surface area (TPSA) is 46.1 Å². The molecule has 2 aromatic rings. The quantitative estimate of drug-likeness (QED) is 0.858. The predicted molar refractivity (Wildman–Crippen MR) is 67.2 cm³/mol. The minimum atomic E-state index is -0.166. The molecule has 2 aromatic heterocycles. The van der Waals surface area contributed by atoms with E-state index in [1.165, 1.54) is 17.5 Å². The van der Waals surface area contributed by atoms with Gasteiger partial charge in [-0.3, -0.25) is 9.78 Å². The molecule has 0 atom stereocenters. The second-order valence-electron chi connectivity index (χ2n) is 3.50. The van der Waals surface area contributed by atoms with E-state index in [0.29, 0.717) is 17.3 Å². The molecule has 2 heterocycles. The second-order valence-corrected chi connectivity index (χ2v) is 4.66. The van der Waals surface area contributed by atoms with E-state index < -0.39 is 0 Å². The van der Waals surface area contributed by atoms with Crippen molar-refractivity contribution < 1.29 is 4.79 Å². The van der Waals surface area contributed by atoms with E-state index in [-0.39, 0.29) is 5.91 Å². The van der Waals surface area contributed by atoms with Crippen LogP contribution in [0.3, 0.4) is 0 Å². The van der Waals surface area contributed by atoms with Crippen LogP contribution in [0, 0.1) is 0 Å². The molecular formula is C11H10ClN3OS. The van der Waals surface area contributed by atoms with Gasteiger partial charge in [0, 0.05) is 23.6 Å². The Balaban J connectivity index is 2.09. The zero-order chi connectivity index (χ0) is 12.3. The maximum Gasteiger partial charge on any atom is 0.272 e. The van der Waals surface area contributed by atoms with Crippen molar-refractivity contribution in [1.82, 2.24) is 14.9 Å². The third-order valence-electron chi connectivity index (χ3n) is 2.17. The van der Waals surface area contributed by atoms with E-state index in [9.17, 15) is 4.79 Å². The van der Waals surface area contributed by atoms with Gasteiger partial charge in [0.05, 0.1) is 17.7 Å². The molecule has 88 valence electrons. The van der Waals surface area contributed by atoms with E-state index in [0.717, 1.165) is 5.69 Å². The van der Waals surface area contributed by atoms with Crippen molar-refractivity contribution in [3.8, 4) is 0 Å². The van der Waals surface area contributed by atoms with E-state index >= 15 is 0 Å². The molecule has 0 unspecified atom stereocenters. The summed E-state index contributed by atoms with van der Waals surface area (Å²) in [5.41, 5.74) is 2.95. The maximum absolute atomic E-state index is 12.0. The van der Waals surface area contributed by atoms with Gasteiger partial charge in [0.2, 0.25) is 0 Å². The molecule has 2 rings (SSSR count). The van der Waals surface area contributed by atoms with Crippen molar-refractivity contribution in [2.45, 2.75) is 6.54 Å². The van der Waals surface area contributed by atoms with E-state index in [4.69, 9.17) is 11.6 Å². The average molecular weight is 268 g/mol. The lowest BCUT2D eigenvalue weighted by atomic mass is 10.3. The fourth-order valence-electron chi connectivity index (χ4n) is 1.35. The molecule has 0 N–H and O–H groups in total. The molecule has 0 aromatic carbocycles. The smallest absolute Gasteiger partial charge is 0.272 e. The Morgan fingerprint density at radius 3 is 3.00 bits per heavy atom. The molecule has 0 aliphatic rings. The summed E-state index contributed by atoms with van der Waals surface area (Å²) < 4.78 is 0. The lowest BCUT2D eigenvalue weighted by Crippen LogP contribution is -2.27. The summed E-state index contributed by atoms with van der Waals surface area (Å²) in [5, 5.41) is 2.42. The molecule has 17 heavy (non-hydrogen) atoms. The maximum atomic E-state index is 12.0. The Morgan fingerprint density at radius 1 is 1.53 bits per heavy atom. The number of aromatic nitrogens is 2. The lowest BCUT2D eigenvalue weighted by molar-refractivity contribution is 0.0778. The van der Waals surface area contributed by atoms with E-state index in [1.54, 1.807) is 29.6 Å². The Morgan fingerprint density at radius 2 is 2.35 bits per heavy atom. The summed E-state index contributed by atoms with van der Waals surface area (Å²) in [6, 6.07) is 3.19. The van der Waals surface area contributed by atoms with Crippen molar-refractivity contribution in [1.29, 1.82) is 0 Å². The van der Waals surface area contributed by atoms with Gasteiger partial charge in [-0.25, -0.2) is 4.98 Å². The third-order valence-corrected chi connectivity index (χ3v) is 3.04. The fraction of sp³-hybridized carbons (Fsp3) is 0.182. The highest BCUT2D eigenvalue weighted by Crippen LogP contribution is 2.11. The van der Waals surface area contributed by atoms with Gasteiger partial charge in [0.15, 0.2) is 0 Å². The minimum absolute atomic E-state index is 0.166. The van der Waals surface area contributed by atoms with Gasteiger partial charge in [-0.05, 0) is 12.1 Å². The normalized spacial score (nSPS) is 10.2. The van der Waals surface area contributed by atoms with Gasteiger partial charge in [-0.2, -0.15) is 0 Å². The molecule has 6 heteroatoms. The highest BCUT2D eigenvalue weighted by atomic mass is 35.5. The molecule has 0 bridgehead atoms. The van der Waals surface area contributed by atoms with Crippen LogP contribution in [0.1, 0.15) is 16.2 Å². The highest BCUT2D eigenvalue weighted by molar-refractivity contribution is 7.07. The molecule has 0 aliphatic heterocycles. The molecule has 0 spiro atoms. The molecular weight excluding hydrogens is 258 g/mol. The zero-order valence-electron chi connectivity index (χ0n) is 9.13. The van der Waals surface area contributed by atoms with Crippen molar-refractivity contribution in [3.63, 3.8) is 0 Å². The minimum Gasteiger partial charge on any atom is -0.334 e. The number of carbonyl (C=O) groups is 1. The third kappa shape index (κ3) is 3.01. The van der Waals surface area contributed by atoms with Gasteiger partial charge >= 0.3 is 0 Å². The van der Waals surface area contributed by atoms with Crippen LogP contribution in [0.15, 0.2) is 29.2 Å². The van der Waals surface area contributed by atoms with Gasteiger partial charge in [0.25, 0.3) is 5.91 Å². The molecule has 0 aliphatic carbocycles. The number of hydrogen-bond donors (Lipinski definition) is 0. The van der Waals surface area contributed by atoms with Crippen LogP contribution in [-0.2, 0) is 6.54 Å². The fourth-order valence-corrected chi connectivity index (χ4v) is 2.06. The first-order valence-electron chi connectivity index (χ1n) is 4.91. The van der Waals surface area contributed by atoms with Crippen LogP contribution in [0.5, 0.6) is 0 Å². The van der Waals surface area contributed by atoms with Crippen LogP contribution in [0.4, 0.5) is 0 Å². The highest BCUT2D eigenvalue weighted by Gasteiger charge is 2.14. The number of hydrogen-bond acceptors (Lipinski definition) is 4. The zero-order valence-corrected chi connectivity index (χ0v) is 10.7. The number of amides is 1. The summed E-state index contributed by atoms with van der Waals surface area (Å²) in [4.78, 5) is 21.7. The summed E-state index contributed by atoms with van der Waals surface area (Å²) in [5.74, 6) is -0.166. The number of halogens is 1. The molecule has 0 radical (unpaired) electrons.